The van der Waals surface area contributed by atoms with Crippen molar-refractivity contribution >= 4 is 60.8 Å². The molecular weight excluding hydrogens is 586 g/mol. The molecule has 0 atom stereocenters. The van der Waals surface area contributed by atoms with Crippen LogP contribution in [0.25, 0.3) is 0 Å². The topological polar surface area (TPSA) is 74.6 Å². The van der Waals surface area contributed by atoms with Crippen LogP contribution in [0.4, 0.5) is 0 Å². The first-order chi connectivity index (χ1) is 17.5. The Labute approximate surface area is 272 Å². The van der Waals surface area contributed by atoms with E-state index < -0.39 is 11.9 Å². The molecule has 0 heterocycles. The fraction of sp³-hybridized carbons (Fsp3) is 0.938. The van der Waals surface area contributed by atoms with Gasteiger partial charge in [-0.1, -0.05) is 168 Å². The monoisotopic (exact) mass is 652 g/mol. The SMILES string of the molecule is CCCCCCCCCCCCCC(=O)O.CCCCCCCCCCCCCCCCCC(=O)O.[BaH2]. The van der Waals surface area contributed by atoms with Crippen molar-refractivity contribution in [2.75, 3.05) is 0 Å². The fourth-order valence-electron chi connectivity index (χ4n) is 4.59. The Morgan fingerprint density at radius 2 is 0.514 bits per heavy atom. The van der Waals surface area contributed by atoms with Gasteiger partial charge in [0.2, 0.25) is 0 Å². The summed E-state index contributed by atoms with van der Waals surface area (Å²) in [5.74, 6) is -1.31. The van der Waals surface area contributed by atoms with E-state index in [0.29, 0.717) is 12.8 Å². The van der Waals surface area contributed by atoms with Gasteiger partial charge in [-0.3, -0.25) is 9.59 Å². The number of rotatable bonds is 28. The third-order valence-corrected chi connectivity index (χ3v) is 6.99. The molecule has 0 aliphatic rings. The van der Waals surface area contributed by atoms with Crippen molar-refractivity contribution in [2.45, 2.75) is 194 Å². The fourth-order valence-corrected chi connectivity index (χ4v) is 4.59. The van der Waals surface area contributed by atoms with Crippen LogP contribution in [0.2, 0.25) is 0 Å². The van der Waals surface area contributed by atoms with E-state index in [1.807, 2.05) is 0 Å². The Bertz CT molecular complexity index is 443. The van der Waals surface area contributed by atoms with Crippen molar-refractivity contribution in [3.63, 3.8) is 0 Å². The van der Waals surface area contributed by atoms with E-state index in [1.165, 1.54) is 141 Å². The number of hydrogen-bond donors (Lipinski definition) is 2. The summed E-state index contributed by atoms with van der Waals surface area (Å²) in [6.07, 6.45) is 34.6. The molecule has 0 amide bonds. The van der Waals surface area contributed by atoms with Gasteiger partial charge in [0.25, 0.3) is 0 Å². The first-order valence-corrected chi connectivity index (χ1v) is 16.0. The number of carboxylic acid groups (broad SMARTS) is 2. The second-order valence-corrected chi connectivity index (χ2v) is 10.8. The molecular formula is C32H66BaO4. The van der Waals surface area contributed by atoms with Gasteiger partial charge in [-0.05, 0) is 12.8 Å². The van der Waals surface area contributed by atoms with Crippen molar-refractivity contribution in [3.05, 3.63) is 0 Å². The molecule has 0 aliphatic heterocycles. The van der Waals surface area contributed by atoms with Gasteiger partial charge >= 0.3 is 60.8 Å². The van der Waals surface area contributed by atoms with Crippen LogP contribution >= 0.6 is 0 Å². The predicted molar refractivity (Wildman–Crippen MR) is 164 cm³/mol. The van der Waals surface area contributed by atoms with E-state index >= 15 is 0 Å². The van der Waals surface area contributed by atoms with Crippen LogP contribution in [-0.2, 0) is 9.59 Å². The Morgan fingerprint density at radius 1 is 0.351 bits per heavy atom. The van der Waals surface area contributed by atoms with Gasteiger partial charge in [-0.15, -0.1) is 0 Å². The average molecular weight is 652 g/mol. The van der Waals surface area contributed by atoms with Gasteiger partial charge in [0.15, 0.2) is 0 Å². The maximum absolute atomic E-state index is 10.3. The molecule has 0 radical (unpaired) electrons. The van der Waals surface area contributed by atoms with E-state index in [1.54, 1.807) is 0 Å². The number of aliphatic carboxylic acids is 2. The molecule has 0 aromatic rings. The first kappa shape index (κ1) is 42.0. The number of hydrogen-bond acceptors (Lipinski definition) is 2. The van der Waals surface area contributed by atoms with Gasteiger partial charge in [-0.25, -0.2) is 0 Å². The first-order valence-electron chi connectivity index (χ1n) is 16.0. The molecule has 0 unspecified atom stereocenters. The van der Waals surface area contributed by atoms with Crippen molar-refractivity contribution in [1.29, 1.82) is 0 Å². The van der Waals surface area contributed by atoms with Crippen LogP contribution in [0.15, 0.2) is 0 Å². The van der Waals surface area contributed by atoms with E-state index in [4.69, 9.17) is 10.2 Å². The summed E-state index contributed by atoms with van der Waals surface area (Å²) in [4.78, 5) is 20.6. The molecule has 0 aromatic carbocycles. The number of carboxylic acids is 2. The van der Waals surface area contributed by atoms with Crippen LogP contribution in [0.5, 0.6) is 0 Å². The van der Waals surface area contributed by atoms with Crippen LogP contribution in [0, 0.1) is 0 Å². The van der Waals surface area contributed by atoms with Gasteiger partial charge in [0.05, 0.1) is 0 Å². The Kier molecular flexibility index (Phi) is 43.9. The van der Waals surface area contributed by atoms with Crippen molar-refractivity contribution in [1.82, 2.24) is 0 Å². The standard InChI is InChI=1S/C18H36O2.C14H28O2.Ba.2H/c1-2-3-4-5-6-7-8-9-10-11-12-13-14-15-16-17-18(19)20;1-2-3-4-5-6-7-8-9-10-11-12-13-14(15)16;;;/h2-17H2,1H3,(H,19,20);2-13H2,1H3,(H,15,16);;;. The summed E-state index contributed by atoms with van der Waals surface area (Å²) in [7, 11) is 0. The van der Waals surface area contributed by atoms with Crippen molar-refractivity contribution in [2.24, 2.45) is 0 Å². The van der Waals surface area contributed by atoms with Gasteiger partial charge in [0.1, 0.15) is 0 Å². The van der Waals surface area contributed by atoms with Crippen molar-refractivity contribution in [3.8, 4) is 0 Å². The van der Waals surface area contributed by atoms with Crippen LogP contribution in [0.1, 0.15) is 194 Å². The minimum absolute atomic E-state index is 0. The van der Waals surface area contributed by atoms with Crippen LogP contribution < -0.4 is 0 Å². The van der Waals surface area contributed by atoms with Crippen LogP contribution in [-0.4, -0.2) is 71.0 Å². The quantitative estimate of drug-likeness (QED) is 0.0652. The summed E-state index contributed by atoms with van der Waals surface area (Å²) in [6, 6.07) is 0. The molecule has 4 nitrogen and oxygen atoms in total. The Hall–Kier alpha value is 0.511. The van der Waals surface area contributed by atoms with Gasteiger partial charge in [0, 0.05) is 12.8 Å². The zero-order valence-corrected chi connectivity index (χ0v) is 24.5. The summed E-state index contributed by atoms with van der Waals surface area (Å²) in [5.41, 5.74) is 0. The van der Waals surface area contributed by atoms with Gasteiger partial charge in [-0.2, -0.15) is 0 Å². The molecule has 0 fully saturated rings. The van der Waals surface area contributed by atoms with E-state index in [0.717, 1.165) is 25.7 Å². The van der Waals surface area contributed by atoms with E-state index in [9.17, 15) is 9.59 Å². The molecule has 0 spiro atoms. The van der Waals surface area contributed by atoms with Gasteiger partial charge < -0.3 is 10.2 Å². The number of unbranched alkanes of at least 4 members (excludes halogenated alkanes) is 24. The molecule has 0 bridgehead atoms. The molecule has 220 valence electrons. The molecule has 2 N–H and O–H groups in total. The summed E-state index contributed by atoms with van der Waals surface area (Å²) < 4.78 is 0. The molecule has 5 heteroatoms. The molecule has 0 aromatic heterocycles. The zero-order chi connectivity index (χ0) is 27.0. The summed E-state index contributed by atoms with van der Waals surface area (Å²) >= 11 is 0. The molecule has 37 heavy (non-hydrogen) atoms. The second kappa shape index (κ2) is 38.7. The molecule has 0 aliphatic carbocycles. The normalized spacial score (nSPS) is 10.4. The van der Waals surface area contributed by atoms with Crippen LogP contribution in [0.3, 0.4) is 0 Å². The van der Waals surface area contributed by atoms with E-state index in [2.05, 4.69) is 13.8 Å². The van der Waals surface area contributed by atoms with E-state index in [-0.39, 0.29) is 48.9 Å². The maximum atomic E-state index is 10.3. The summed E-state index contributed by atoms with van der Waals surface area (Å²) in [6.45, 7) is 4.52. The molecule has 0 saturated heterocycles. The van der Waals surface area contributed by atoms with Crippen molar-refractivity contribution < 1.29 is 19.8 Å². The molecule has 0 rings (SSSR count). The zero-order valence-electron chi connectivity index (χ0n) is 24.5. The molecule has 0 saturated carbocycles. The second-order valence-electron chi connectivity index (χ2n) is 10.8. The summed E-state index contributed by atoms with van der Waals surface area (Å²) in [5, 5.41) is 17.0. The minimum atomic E-state index is -0.657. The Balaban J connectivity index is -0.000000623. The number of carbonyl (C=O) groups is 2. The third kappa shape index (κ3) is 46.7. The third-order valence-electron chi connectivity index (χ3n) is 6.99. The Morgan fingerprint density at radius 3 is 0.676 bits per heavy atom. The average Bonchev–Trinajstić information content (AvgIpc) is 2.85. The predicted octanol–water partition coefficient (Wildman–Crippen LogP) is 10.2.